The molecule has 0 N–H and O–H groups in total. The quantitative estimate of drug-likeness (QED) is 0.233. The molecule has 1 heterocycles. The van der Waals surface area contributed by atoms with E-state index in [4.69, 9.17) is 4.18 Å². The molecule has 0 saturated heterocycles. The second kappa shape index (κ2) is 7.74. The Labute approximate surface area is 178 Å². The molecule has 156 valence electrons. The van der Waals surface area contributed by atoms with E-state index >= 15 is 0 Å². The van der Waals surface area contributed by atoms with E-state index in [-0.39, 0.29) is 5.75 Å². The lowest BCUT2D eigenvalue weighted by Gasteiger charge is -2.10. The molecule has 0 atom stereocenters. The summed E-state index contributed by atoms with van der Waals surface area (Å²) in [7, 11) is -4.68. The van der Waals surface area contributed by atoms with Crippen LogP contribution in [0.3, 0.4) is 0 Å². The van der Waals surface area contributed by atoms with Crippen molar-refractivity contribution in [2.75, 3.05) is 0 Å². The largest absolute Gasteiger partial charge is 0.378 e. The van der Waals surface area contributed by atoms with Crippen LogP contribution in [0.15, 0.2) is 71.6 Å². The van der Waals surface area contributed by atoms with Crippen molar-refractivity contribution in [1.29, 1.82) is 0 Å². The molecule has 1 aromatic heterocycles. The highest BCUT2D eigenvalue weighted by Gasteiger charge is 2.31. The molecule has 0 aliphatic carbocycles. The van der Waals surface area contributed by atoms with Gasteiger partial charge in [-0.1, -0.05) is 24.3 Å². The molecular weight excluding hydrogens is 446 g/mol. The van der Waals surface area contributed by atoms with Gasteiger partial charge in [0.25, 0.3) is 11.4 Å². The van der Waals surface area contributed by atoms with Crippen LogP contribution in [0.1, 0.15) is 0 Å². The maximum Gasteiger partial charge on any atom is 0.346 e. The zero-order valence-electron chi connectivity index (χ0n) is 15.4. The van der Waals surface area contributed by atoms with Gasteiger partial charge < -0.3 is 4.18 Å². The van der Waals surface area contributed by atoms with Gasteiger partial charge >= 0.3 is 10.1 Å². The summed E-state index contributed by atoms with van der Waals surface area (Å²) in [5, 5.41) is 22.7. The standard InChI is InChI=1S/C19H11N3O7S2/c23-21(24)12-9-10-18(15(11-12)22(25)26)31(27,28)29-16-7-3-1-5-13(16)19-20-14-6-2-4-8-17(14)30-19/h1-11H. The van der Waals surface area contributed by atoms with E-state index < -0.39 is 36.2 Å². The summed E-state index contributed by atoms with van der Waals surface area (Å²) >= 11 is 1.33. The first-order valence-electron chi connectivity index (χ1n) is 8.58. The van der Waals surface area contributed by atoms with Crippen LogP contribution in [-0.2, 0) is 10.1 Å². The van der Waals surface area contributed by atoms with Crippen LogP contribution in [0.4, 0.5) is 11.4 Å². The normalized spacial score (nSPS) is 11.4. The van der Waals surface area contributed by atoms with Gasteiger partial charge in [0.05, 0.1) is 31.7 Å². The van der Waals surface area contributed by atoms with Crippen LogP contribution in [0.25, 0.3) is 20.8 Å². The summed E-state index contributed by atoms with van der Waals surface area (Å²) in [6.45, 7) is 0. The predicted molar refractivity (Wildman–Crippen MR) is 113 cm³/mol. The van der Waals surface area contributed by atoms with Crippen LogP contribution in [0, 0.1) is 20.2 Å². The van der Waals surface area contributed by atoms with Gasteiger partial charge in [-0.05, 0) is 30.3 Å². The Bertz CT molecular complexity index is 1410. The molecule has 31 heavy (non-hydrogen) atoms. The molecule has 4 aromatic rings. The maximum absolute atomic E-state index is 12.9. The zero-order valence-corrected chi connectivity index (χ0v) is 17.0. The second-order valence-electron chi connectivity index (χ2n) is 6.19. The van der Waals surface area contributed by atoms with Crippen molar-refractivity contribution in [1.82, 2.24) is 4.98 Å². The van der Waals surface area contributed by atoms with Crippen molar-refractivity contribution in [2.24, 2.45) is 0 Å². The van der Waals surface area contributed by atoms with Crippen LogP contribution in [-0.4, -0.2) is 23.2 Å². The molecule has 10 nitrogen and oxygen atoms in total. The van der Waals surface area contributed by atoms with Crippen molar-refractivity contribution in [3.63, 3.8) is 0 Å². The number of aromatic nitrogens is 1. The number of thiazole rings is 1. The van der Waals surface area contributed by atoms with E-state index in [1.807, 2.05) is 24.3 Å². The number of nitro groups is 2. The molecule has 0 radical (unpaired) electrons. The maximum atomic E-state index is 12.9. The van der Waals surface area contributed by atoms with Gasteiger partial charge in [-0.15, -0.1) is 11.3 Å². The van der Waals surface area contributed by atoms with Crippen LogP contribution in [0.5, 0.6) is 5.75 Å². The van der Waals surface area contributed by atoms with Crippen LogP contribution in [0.2, 0.25) is 0 Å². The molecule has 3 aromatic carbocycles. The van der Waals surface area contributed by atoms with Gasteiger partial charge in [-0.25, -0.2) is 4.98 Å². The average molecular weight is 457 g/mol. The van der Waals surface area contributed by atoms with Crippen molar-refractivity contribution in [2.45, 2.75) is 4.90 Å². The van der Waals surface area contributed by atoms with Crippen LogP contribution >= 0.6 is 11.3 Å². The smallest absolute Gasteiger partial charge is 0.346 e. The molecule has 0 fully saturated rings. The lowest BCUT2D eigenvalue weighted by atomic mass is 10.2. The van der Waals surface area contributed by atoms with E-state index in [1.165, 1.54) is 17.4 Å². The number of non-ortho nitro benzene ring substituents is 1. The fourth-order valence-corrected chi connectivity index (χ4v) is 4.93. The summed E-state index contributed by atoms with van der Waals surface area (Å²) in [4.78, 5) is 24.1. The minimum absolute atomic E-state index is 0.0748. The average Bonchev–Trinajstić information content (AvgIpc) is 3.17. The van der Waals surface area contributed by atoms with E-state index in [1.54, 1.807) is 18.2 Å². The van der Waals surface area contributed by atoms with Crippen molar-refractivity contribution >= 4 is 43.0 Å². The van der Waals surface area contributed by atoms with Gasteiger partial charge in [0.15, 0.2) is 10.6 Å². The Balaban J connectivity index is 1.78. The number of para-hydroxylation sites is 2. The summed E-state index contributed by atoms with van der Waals surface area (Å²) < 4.78 is 31.8. The van der Waals surface area contributed by atoms with Crippen molar-refractivity contribution < 1.29 is 22.4 Å². The van der Waals surface area contributed by atoms with Gasteiger partial charge in [0.1, 0.15) is 5.01 Å². The Morgan fingerprint density at radius 1 is 0.903 bits per heavy atom. The fourth-order valence-electron chi connectivity index (χ4n) is 2.84. The summed E-state index contributed by atoms with van der Waals surface area (Å²) in [5.41, 5.74) is -0.449. The van der Waals surface area contributed by atoms with Crippen LogP contribution < -0.4 is 4.18 Å². The summed E-state index contributed by atoms with van der Waals surface area (Å²) in [6, 6.07) is 15.8. The number of hydrogen-bond donors (Lipinski definition) is 0. The molecule has 0 aliphatic heterocycles. The van der Waals surface area contributed by atoms with Crippen molar-refractivity contribution in [3.05, 3.63) is 87.0 Å². The SMILES string of the molecule is O=[N+]([O-])c1ccc(S(=O)(=O)Oc2ccccc2-c2nc3ccccc3s2)c([N+](=O)[O-])c1. The lowest BCUT2D eigenvalue weighted by Crippen LogP contribution is -2.12. The lowest BCUT2D eigenvalue weighted by molar-refractivity contribution is -0.396. The Morgan fingerprint density at radius 2 is 1.61 bits per heavy atom. The van der Waals surface area contributed by atoms with E-state index in [0.29, 0.717) is 16.6 Å². The topological polar surface area (TPSA) is 143 Å². The Morgan fingerprint density at radius 3 is 2.32 bits per heavy atom. The van der Waals surface area contributed by atoms with Gasteiger partial charge in [-0.2, -0.15) is 8.42 Å². The molecular formula is C19H11N3O7S2. The third-order valence-corrected chi connectivity index (χ3v) is 6.58. The second-order valence-corrected chi connectivity index (χ2v) is 8.73. The molecule has 4 rings (SSSR count). The van der Waals surface area contributed by atoms with E-state index in [2.05, 4.69) is 4.98 Å². The first kappa shape index (κ1) is 20.4. The molecule has 0 amide bonds. The molecule has 0 spiro atoms. The van der Waals surface area contributed by atoms with Crippen molar-refractivity contribution in [3.8, 4) is 16.3 Å². The number of nitro benzene ring substituents is 2. The number of hydrogen-bond acceptors (Lipinski definition) is 9. The first-order valence-corrected chi connectivity index (χ1v) is 10.8. The summed E-state index contributed by atoms with van der Waals surface area (Å²) in [5.74, 6) is -0.0748. The number of rotatable bonds is 6. The van der Waals surface area contributed by atoms with E-state index in [9.17, 15) is 28.6 Å². The molecule has 0 bridgehead atoms. The number of nitrogens with zero attached hydrogens (tertiary/aromatic N) is 3. The molecule has 0 unspecified atom stereocenters. The Kier molecular flexibility index (Phi) is 5.09. The highest BCUT2D eigenvalue weighted by Crippen LogP contribution is 2.38. The number of fused-ring (bicyclic) bond motifs is 1. The minimum Gasteiger partial charge on any atom is -0.378 e. The molecule has 12 heteroatoms. The van der Waals surface area contributed by atoms with Gasteiger partial charge in [-0.3, -0.25) is 20.2 Å². The highest BCUT2D eigenvalue weighted by atomic mass is 32.2. The number of benzene rings is 3. The third kappa shape index (κ3) is 3.93. The highest BCUT2D eigenvalue weighted by molar-refractivity contribution is 7.87. The summed E-state index contributed by atoms with van der Waals surface area (Å²) in [6.07, 6.45) is 0. The Hall–Kier alpha value is -3.90. The zero-order chi connectivity index (χ0) is 22.2. The monoisotopic (exact) mass is 457 g/mol. The third-order valence-electron chi connectivity index (χ3n) is 4.23. The van der Waals surface area contributed by atoms with Gasteiger partial charge in [0.2, 0.25) is 0 Å². The van der Waals surface area contributed by atoms with Gasteiger partial charge in [0, 0.05) is 6.07 Å². The van der Waals surface area contributed by atoms with E-state index in [0.717, 1.165) is 22.3 Å². The molecule has 0 aliphatic rings. The first-order chi connectivity index (χ1) is 14.8. The minimum atomic E-state index is -4.68. The fraction of sp³-hybridized carbons (Fsp3) is 0. The molecule has 0 saturated carbocycles. The predicted octanol–water partition coefficient (Wildman–Crippen LogP) is 4.55.